The third-order valence-corrected chi connectivity index (χ3v) is 7.41. The van der Waals surface area contributed by atoms with Gasteiger partial charge in [-0.2, -0.15) is 0 Å². The summed E-state index contributed by atoms with van der Waals surface area (Å²) in [6.07, 6.45) is -4.36. The van der Waals surface area contributed by atoms with E-state index < -0.39 is 54.6 Å². The van der Waals surface area contributed by atoms with Crippen molar-refractivity contribution in [1.29, 1.82) is 0 Å². The molecule has 278 valence electrons. The predicted octanol–water partition coefficient (Wildman–Crippen LogP) is 4.71. The summed E-state index contributed by atoms with van der Waals surface area (Å²) in [4.78, 5) is 73.6. The highest BCUT2D eigenvalue weighted by atomic mass is 16.7. The molecule has 2 aromatic carbocycles. The standard InChI is InChI=1S/C36H46N2O13/c1-7-45-29-20-27(38-35(44)25-15-11-9-12-16-25)30(46-8-2)19-26(29)37-31(43)18-14-10-13-17-28-32(47-21(3)39)33(48-22(4)40)34(49-23(5)41)36(51-28)50-24(6)42/h9,11-12,15-16,19-20,28,32-34,36H,7-8,10,13-14,17-18H2,1-6H3,(H,37,43)(H,38,44)/t28-,32+,33+,34-,36+/m0/s1. The monoisotopic (exact) mass is 714 g/mol. The van der Waals surface area contributed by atoms with Crippen molar-refractivity contribution in [3.63, 3.8) is 0 Å². The Balaban J connectivity index is 1.67. The molecule has 1 heterocycles. The van der Waals surface area contributed by atoms with Crippen molar-refractivity contribution in [2.75, 3.05) is 23.8 Å². The van der Waals surface area contributed by atoms with Crippen molar-refractivity contribution in [1.82, 2.24) is 0 Å². The molecule has 0 saturated carbocycles. The second-order valence-electron chi connectivity index (χ2n) is 11.6. The molecule has 0 bridgehead atoms. The molecule has 5 atom stereocenters. The molecule has 0 spiro atoms. The van der Waals surface area contributed by atoms with Crippen LogP contribution in [0.2, 0.25) is 0 Å². The van der Waals surface area contributed by atoms with Crippen LogP contribution in [0.15, 0.2) is 42.5 Å². The summed E-state index contributed by atoms with van der Waals surface area (Å²) < 4.78 is 38.9. The van der Waals surface area contributed by atoms with Crippen LogP contribution in [0.5, 0.6) is 11.5 Å². The van der Waals surface area contributed by atoms with Crippen LogP contribution in [-0.2, 0) is 47.7 Å². The Bertz CT molecular complexity index is 1530. The highest BCUT2D eigenvalue weighted by Crippen LogP contribution is 2.37. The van der Waals surface area contributed by atoms with E-state index in [2.05, 4.69) is 10.6 Å². The van der Waals surface area contributed by atoms with Crippen molar-refractivity contribution in [3.8, 4) is 11.5 Å². The molecule has 1 fully saturated rings. The van der Waals surface area contributed by atoms with Crippen LogP contribution in [0.25, 0.3) is 0 Å². The number of anilines is 2. The van der Waals surface area contributed by atoms with E-state index in [1.807, 2.05) is 6.07 Å². The largest absolute Gasteiger partial charge is 0.492 e. The van der Waals surface area contributed by atoms with E-state index in [1.54, 1.807) is 50.2 Å². The molecule has 0 aliphatic carbocycles. The lowest BCUT2D eigenvalue weighted by Crippen LogP contribution is -2.62. The van der Waals surface area contributed by atoms with Crippen LogP contribution in [0.4, 0.5) is 11.4 Å². The molecular weight excluding hydrogens is 668 g/mol. The van der Waals surface area contributed by atoms with Gasteiger partial charge in [-0.1, -0.05) is 31.0 Å². The predicted molar refractivity (Wildman–Crippen MR) is 182 cm³/mol. The second kappa shape index (κ2) is 19.9. The maximum absolute atomic E-state index is 13.0. The fourth-order valence-corrected chi connectivity index (χ4v) is 5.46. The average Bonchev–Trinajstić information content (AvgIpc) is 3.05. The van der Waals surface area contributed by atoms with Crippen LogP contribution in [0.3, 0.4) is 0 Å². The molecular formula is C36H46N2O13. The van der Waals surface area contributed by atoms with Gasteiger partial charge in [0.25, 0.3) is 5.91 Å². The van der Waals surface area contributed by atoms with Crippen molar-refractivity contribution < 1.29 is 61.9 Å². The van der Waals surface area contributed by atoms with E-state index in [0.29, 0.717) is 60.9 Å². The van der Waals surface area contributed by atoms with Crippen molar-refractivity contribution in [3.05, 3.63) is 48.0 Å². The van der Waals surface area contributed by atoms with Crippen LogP contribution >= 0.6 is 0 Å². The summed E-state index contributed by atoms with van der Waals surface area (Å²) in [5.41, 5.74) is 1.22. The number of benzene rings is 2. The van der Waals surface area contributed by atoms with Crippen molar-refractivity contribution in [2.24, 2.45) is 0 Å². The molecule has 2 amide bonds. The fourth-order valence-electron chi connectivity index (χ4n) is 5.46. The summed E-state index contributed by atoms with van der Waals surface area (Å²) in [5.74, 6) is -2.85. The lowest BCUT2D eigenvalue weighted by Gasteiger charge is -2.44. The lowest BCUT2D eigenvalue weighted by atomic mass is 9.94. The fraction of sp³-hybridized carbons (Fsp3) is 0.500. The van der Waals surface area contributed by atoms with Gasteiger partial charge in [0.15, 0.2) is 12.2 Å². The highest BCUT2D eigenvalue weighted by molar-refractivity contribution is 6.05. The zero-order chi connectivity index (χ0) is 37.5. The Morgan fingerprint density at radius 3 is 1.73 bits per heavy atom. The molecule has 0 aromatic heterocycles. The van der Waals surface area contributed by atoms with E-state index in [9.17, 15) is 28.8 Å². The Labute approximate surface area is 296 Å². The minimum atomic E-state index is -1.43. The number of esters is 4. The van der Waals surface area contributed by atoms with Gasteiger partial charge in [0.2, 0.25) is 18.3 Å². The number of carbonyl (C=O) groups excluding carboxylic acids is 6. The zero-order valence-electron chi connectivity index (χ0n) is 29.7. The van der Waals surface area contributed by atoms with Gasteiger partial charge in [0, 0.05) is 51.8 Å². The molecule has 2 N–H and O–H groups in total. The lowest BCUT2D eigenvalue weighted by molar-refractivity contribution is -0.296. The number of unbranched alkanes of at least 4 members (excludes halogenated alkanes) is 2. The maximum Gasteiger partial charge on any atom is 0.305 e. The first kappa shape index (κ1) is 40.3. The van der Waals surface area contributed by atoms with Gasteiger partial charge in [0.1, 0.15) is 17.6 Å². The topological polar surface area (TPSA) is 191 Å². The van der Waals surface area contributed by atoms with Crippen LogP contribution in [0.1, 0.15) is 84.0 Å². The Morgan fingerprint density at radius 2 is 1.18 bits per heavy atom. The van der Waals surface area contributed by atoms with Gasteiger partial charge >= 0.3 is 23.9 Å². The average molecular weight is 715 g/mol. The normalized spacial score (nSPS) is 19.5. The summed E-state index contributed by atoms with van der Waals surface area (Å²) >= 11 is 0. The summed E-state index contributed by atoms with van der Waals surface area (Å²) in [5, 5.41) is 5.72. The van der Waals surface area contributed by atoms with Crippen LogP contribution in [-0.4, -0.2) is 79.6 Å². The number of amides is 2. The number of hydrogen-bond acceptors (Lipinski definition) is 13. The van der Waals surface area contributed by atoms with E-state index in [0.717, 1.165) is 20.8 Å². The molecule has 0 unspecified atom stereocenters. The van der Waals surface area contributed by atoms with Gasteiger partial charge in [0.05, 0.1) is 24.6 Å². The van der Waals surface area contributed by atoms with Gasteiger partial charge in [-0.05, 0) is 38.8 Å². The van der Waals surface area contributed by atoms with Crippen molar-refractivity contribution in [2.45, 2.75) is 104 Å². The first-order chi connectivity index (χ1) is 24.3. The molecule has 15 heteroatoms. The SMILES string of the molecule is CCOc1cc(NC(=O)c2ccccc2)c(OCC)cc1NC(=O)CCCCC[C@@H]1O[C@@H](OC(C)=O)[C@@H](OC(C)=O)[C@H](OC(C)=O)[C@@H]1OC(C)=O. The number of carbonyl (C=O) groups is 6. The number of nitrogens with one attached hydrogen (secondary N) is 2. The Morgan fingerprint density at radius 1 is 0.647 bits per heavy atom. The van der Waals surface area contributed by atoms with E-state index in [-0.39, 0.29) is 24.7 Å². The molecule has 0 radical (unpaired) electrons. The molecule has 1 aliphatic heterocycles. The van der Waals surface area contributed by atoms with Crippen LogP contribution < -0.4 is 20.1 Å². The van der Waals surface area contributed by atoms with Crippen molar-refractivity contribution >= 4 is 47.1 Å². The van der Waals surface area contributed by atoms with E-state index >= 15 is 0 Å². The number of hydrogen-bond donors (Lipinski definition) is 2. The first-order valence-electron chi connectivity index (χ1n) is 16.8. The number of ether oxygens (including phenoxy) is 7. The molecule has 15 nitrogen and oxygen atoms in total. The summed E-state index contributed by atoms with van der Waals surface area (Å²) in [6, 6.07) is 11.9. The summed E-state index contributed by atoms with van der Waals surface area (Å²) in [7, 11) is 0. The smallest absolute Gasteiger partial charge is 0.305 e. The molecule has 3 rings (SSSR count). The van der Waals surface area contributed by atoms with Gasteiger partial charge < -0.3 is 43.8 Å². The maximum atomic E-state index is 13.0. The molecule has 2 aromatic rings. The minimum Gasteiger partial charge on any atom is -0.492 e. The van der Waals surface area contributed by atoms with Gasteiger partial charge in [-0.25, -0.2) is 0 Å². The Kier molecular flexibility index (Phi) is 15.7. The first-order valence-corrected chi connectivity index (χ1v) is 16.8. The zero-order valence-corrected chi connectivity index (χ0v) is 29.7. The second-order valence-corrected chi connectivity index (χ2v) is 11.6. The molecule has 51 heavy (non-hydrogen) atoms. The minimum absolute atomic E-state index is 0.140. The Hall–Kier alpha value is -5.18. The number of rotatable bonds is 17. The van der Waals surface area contributed by atoms with Gasteiger partial charge in [-0.3, -0.25) is 28.8 Å². The summed E-state index contributed by atoms with van der Waals surface area (Å²) in [6.45, 7) is 8.78. The van der Waals surface area contributed by atoms with E-state index in [1.165, 1.54) is 6.92 Å². The third-order valence-electron chi connectivity index (χ3n) is 7.41. The molecule has 1 aliphatic rings. The van der Waals surface area contributed by atoms with E-state index in [4.69, 9.17) is 33.2 Å². The van der Waals surface area contributed by atoms with Gasteiger partial charge in [-0.15, -0.1) is 0 Å². The quantitative estimate of drug-likeness (QED) is 0.130. The molecule has 1 saturated heterocycles. The highest BCUT2D eigenvalue weighted by Gasteiger charge is 2.53. The van der Waals surface area contributed by atoms with Crippen LogP contribution in [0, 0.1) is 0 Å². The third kappa shape index (κ3) is 12.6.